The van der Waals surface area contributed by atoms with Gasteiger partial charge in [-0.3, -0.25) is 9.69 Å². The summed E-state index contributed by atoms with van der Waals surface area (Å²) in [6, 6.07) is 15.7. The summed E-state index contributed by atoms with van der Waals surface area (Å²) in [6.07, 6.45) is 5.56. The molecule has 0 atom stereocenters. The normalized spacial score (nSPS) is 15.3. The molecule has 1 N–H and O–H groups in total. The molecule has 4 heterocycles. The van der Waals surface area contributed by atoms with Crippen molar-refractivity contribution in [2.24, 2.45) is 0 Å². The van der Waals surface area contributed by atoms with Gasteiger partial charge in [0.15, 0.2) is 0 Å². The summed E-state index contributed by atoms with van der Waals surface area (Å²) in [7, 11) is 0. The third kappa shape index (κ3) is 4.64. The zero-order chi connectivity index (χ0) is 26.1. The van der Waals surface area contributed by atoms with Crippen molar-refractivity contribution in [2.75, 3.05) is 44.3 Å². The standard InChI is InChI=1S/C30H29ClN4O3/c1-2-26(36)35-15-17-38-25-9-8-20(19-24(25)35)27-28-23(31)10-11-32-30(28)33-29(27)21-6-5-7-22(18-21)37-16-14-34-12-3-4-13-34/h2,5-11,18-19H,1,3-4,12-17H2,(H,32,33). The number of nitrogens with one attached hydrogen (secondary N) is 1. The Morgan fingerprint density at radius 2 is 2.00 bits per heavy atom. The summed E-state index contributed by atoms with van der Waals surface area (Å²) in [4.78, 5) is 24.8. The number of likely N-dealkylation sites (tertiary alicyclic amines) is 1. The number of aromatic nitrogens is 2. The first-order chi connectivity index (χ1) is 18.6. The lowest BCUT2D eigenvalue weighted by Gasteiger charge is -2.29. The van der Waals surface area contributed by atoms with Crippen LogP contribution in [0.25, 0.3) is 33.4 Å². The molecule has 1 fully saturated rings. The second kappa shape index (κ2) is 10.5. The van der Waals surface area contributed by atoms with Crippen LogP contribution in [0.5, 0.6) is 11.5 Å². The quantitative estimate of drug-likeness (QED) is 0.301. The summed E-state index contributed by atoms with van der Waals surface area (Å²) >= 11 is 6.73. The molecule has 194 valence electrons. The fourth-order valence-electron chi connectivity index (χ4n) is 5.33. The number of benzene rings is 2. The van der Waals surface area contributed by atoms with Crippen LogP contribution in [0.15, 0.2) is 67.4 Å². The minimum Gasteiger partial charge on any atom is -0.492 e. The van der Waals surface area contributed by atoms with Crippen molar-refractivity contribution in [1.82, 2.24) is 14.9 Å². The monoisotopic (exact) mass is 528 g/mol. The van der Waals surface area contributed by atoms with Crippen molar-refractivity contribution in [3.63, 3.8) is 0 Å². The third-order valence-corrected chi connectivity index (χ3v) is 7.51. The predicted octanol–water partition coefficient (Wildman–Crippen LogP) is 5.94. The maximum Gasteiger partial charge on any atom is 0.250 e. The number of pyridine rings is 1. The molecule has 0 saturated carbocycles. The van der Waals surface area contributed by atoms with Crippen molar-refractivity contribution < 1.29 is 14.3 Å². The Morgan fingerprint density at radius 1 is 1.13 bits per heavy atom. The number of amides is 1. The highest BCUT2D eigenvalue weighted by Crippen LogP contribution is 2.44. The number of hydrogen-bond acceptors (Lipinski definition) is 5. The van der Waals surface area contributed by atoms with Crippen molar-refractivity contribution in [3.05, 3.63) is 72.4 Å². The van der Waals surface area contributed by atoms with Crippen molar-refractivity contribution >= 4 is 34.2 Å². The molecule has 2 aliphatic heterocycles. The van der Waals surface area contributed by atoms with Crippen molar-refractivity contribution in [3.8, 4) is 33.9 Å². The molecule has 1 saturated heterocycles. The molecule has 0 aliphatic carbocycles. The maximum atomic E-state index is 12.6. The molecule has 2 aromatic carbocycles. The number of carbonyl (C=O) groups excluding carboxylic acids is 1. The lowest BCUT2D eigenvalue weighted by Crippen LogP contribution is -2.36. The van der Waals surface area contributed by atoms with E-state index in [-0.39, 0.29) is 5.91 Å². The molecule has 4 aromatic rings. The molecule has 7 nitrogen and oxygen atoms in total. The Morgan fingerprint density at radius 3 is 2.84 bits per heavy atom. The van der Waals surface area contributed by atoms with Crippen molar-refractivity contribution in [2.45, 2.75) is 12.8 Å². The number of carbonyl (C=O) groups is 1. The Hall–Kier alpha value is -3.81. The van der Waals surface area contributed by atoms with Gasteiger partial charge in [-0.1, -0.05) is 36.4 Å². The van der Waals surface area contributed by atoms with E-state index >= 15 is 0 Å². The van der Waals surface area contributed by atoms with E-state index in [1.807, 2.05) is 42.5 Å². The zero-order valence-electron chi connectivity index (χ0n) is 21.1. The Kier molecular flexibility index (Phi) is 6.79. The average molecular weight is 529 g/mol. The van der Waals surface area contributed by atoms with E-state index < -0.39 is 0 Å². The van der Waals surface area contributed by atoms with Gasteiger partial charge in [0.2, 0.25) is 0 Å². The molecule has 0 spiro atoms. The van der Waals surface area contributed by atoms with Gasteiger partial charge in [-0.15, -0.1) is 0 Å². The first kappa shape index (κ1) is 24.5. The van der Waals surface area contributed by atoms with Crippen LogP contribution in [0.2, 0.25) is 5.02 Å². The van der Waals surface area contributed by atoms with E-state index in [0.717, 1.165) is 53.2 Å². The summed E-state index contributed by atoms with van der Waals surface area (Å²) < 4.78 is 12.0. The van der Waals surface area contributed by atoms with E-state index in [1.165, 1.54) is 18.9 Å². The number of ether oxygens (including phenoxy) is 2. The molecule has 38 heavy (non-hydrogen) atoms. The Bertz CT molecular complexity index is 1510. The Labute approximate surface area is 226 Å². The topological polar surface area (TPSA) is 70.7 Å². The van der Waals surface area contributed by atoms with Crippen LogP contribution in [0.3, 0.4) is 0 Å². The Balaban J connectivity index is 1.41. The minimum absolute atomic E-state index is 0.163. The minimum atomic E-state index is -0.163. The summed E-state index contributed by atoms with van der Waals surface area (Å²) in [5.41, 5.74) is 5.04. The van der Waals surface area contributed by atoms with Crippen LogP contribution >= 0.6 is 11.6 Å². The second-order valence-corrected chi connectivity index (χ2v) is 9.95. The van der Waals surface area contributed by atoms with E-state index in [1.54, 1.807) is 17.2 Å². The highest BCUT2D eigenvalue weighted by molar-refractivity contribution is 6.36. The molecule has 0 bridgehead atoms. The number of nitrogens with zero attached hydrogens (tertiary/aromatic N) is 3. The van der Waals surface area contributed by atoms with E-state index in [4.69, 9.17) is 21.1 Å². The first-order valence-corrected chi connectivity index (χ1v) is 13.3. The molecular weight excluding hydrogens is 500 g/mol. The summed E-state index contributed by atoms with van der Waals surface area (Å²) in [5.74, 6) is 1.31. The SMILES string of the molecule is C=CC(=O)N1CCOc2ccc(-c3c(-c4cccc(OCCN5CCCC5)c4)[nH]c4nccc(Cl)c34)cc21. The smallest absolute Gasteiger partial charge is 0.250 e. The van der Waals surface area contributed by atoms with Crippen LogP contribution in [0, 0.1) is 0 Å². The highest BCUT2D eigenvalue weighted by atomic mass is 35.5. The van der Waals surface area contributed by atoms with Crippen LogP contribution < -0.4 is 14.4 Å². The van der Waals surface area contributed by atoms with Crippen LogP contribution in [0.1, 0.15) is 12.8 Å². The van der Waals surface area contributed by atoms with Crippen LogP contribution in [0.4, 0.5) is 5.69 Å². The lowest BCUT2D eigenvalue weighted by molar-refractivity contribution is -0.114. The number of fused-ring (bicyclic) bond motifs is 2. The van der Waals surface area contributed by atoms with Gasteiger partial charge in [-0.05, 0) is 67.9 Å². The molecule has 1 amide bonds. The van der Waals surface area contributed by atoms with E-state index in [9.17, 15) is 4.79 Å². The number of aromatic amines is 1. The second-order valence-electron chi connectivity index (χ2n) is 9.54. The molecule has 2 aliphatic rings. The third-order valence-electron chi connectivity index (χ3n) is 7.19. The van der Waals surface area contributed by atoms with Gasteiger partial charge in [0.25, 0.3) is 5.91 Å². The van der Waals surface area contributed by atoms with E-state index in [2.05, 4.69) is 21.4 Å². The van der Waals surface area contributed by atoms with Gasteiger partial charge >= 0.3 is 0 Å². The molecule has 0 unspecified atom stereocenters. The molecule has 0 radical (unpaired) electrons. The highest BCUT2D eigenvalue weighted by Gasteiger charge is 2.25. The largest absolute Gasteiger partial charge is 0.492 e. The average Bonchev–Trinajstić information content (AvgIpc) is 3.61. The number of rotatable bonds is 7. The van der Waals surface area contributed by atoms with E-state index in [0.29, 0.717) is 41.9 Å². The number of hydrogen-bond donors (Lipinski definition) is 1. The zero-order valence-corrected chi connectivity index (χ0v) is 21.8. The predicted molar refractivity (Wildman–Crippen MR) is 151 cm³/mol. The number of halogens is 1. The fourth-order valence-corrected chi connectivity index (χ4v) is 5.57. The van der Waals surface area contributed by atoms with Crippen LogP contribution in [-0.4, -0.2) is 60.2 Å². The molecular formula is C30H29ClN4O3. The van der Waals surface area contributed by atoms with Crippen LogP contribution in [-0.2, 0) is 4.79 Å². The molecule has 6 rings (SSSR count). The maximum absolute atomic E-state index is 12.6. The van der Waals surface area contributed by atoms with Gasteiger partial charge in [0.05, 0.1) is 22.9 Å². The lowest BCUT2D eigenvalue weighted by atomic mass is 9.97. The molecule has 8 heteroatoms. The first-order valence-electron chi connectivity index (χ1n) is 13.0. The number of H-pyrrole nitrogens is 1. The summed E-state index contributed by atoms with van der Waals surface area (Å²) in [5, 5.41) is 1.42. The number of anilines is 1. The van der Waals surface area contributed by atoms with Gasteiger partial charge in [-0.2, -0.15) is 0 Å². The summed E-state index contributed by atoms with van der Waals surface area (Å²) in [6.45, 7) is 8.43. The van der Waals surface area contributed by atoms with Gasteiger partial charge in [-0.25, -0.2) is 4.98 Å². The molecule has 2 aromatic heterocycles. The van der Waals surface area contributed by atoms with Gasteiger partial charge < -0.3 is 19.4 Å². The van der Waals surface area contributed by atoms with Gasteiger partial charge in [0.1, 0.15) is 30.4 Å². The fraction of sp³-hybridized carbons (Fsp3) is 0.267. The van der Waals surface area contributed by atoms with Crippen molar-refractivity contribution in [1.29, 1.82) is 0 Å². The van der Waals surface area contributed by atoms with Gasteiger partial charge in [0, 0.05) is 29.3 Å².